The zero-order valence-electron chi connectivity index (χ0n) is 39.4. The molecule has 2 heterocycles. The summed E-state index contributed by atoms with van der Waals surface area (Å²) in [6.07, 6.45) is 3.53. The Labute approximate surface area is 367 Å². The van der Waals surface area contributed by atoms with Gasteiger partial charge in [0.05, 0.1) is 0 Å². The van der Waals surface area contributed by atoms with E-state index in [2.05, 4.69) is 210 Å². The van der Waals surface area contributed by atoms with Crippen molar-refractivity contribution in [1.82, 2.24) is 0 Å². The Hall–Kier alpha value is -5.02. The van der Waals surface area contributed by atoms with E-state index in [1.165, 1.54) is 119 Å². The van der Waals surface area contributed by atoms with Gasteiger partial charge < -0.3 is 9.80 Å². The van der Waals surface area contributed by atoms with Crippen molar-refractivity contribution >= 4 is 57.2 Å². The van der Waals surface area contributed by atoms with Gasteiger partial charge in [-0.25, -0.2) is 0 Å². The van der Waals surface area contributed by atoms with Crippen LogP contribution < -0.4 is 26.2 Å². The molecule has 0 amide bonds. The molecule has 4 aliphatic rings. The number of hydrogen-bond acceptors (Lipinski definition) is 2. The number of rotatable bonds is 3. The maximum absolute atomic E-state index is 2.71. The fraction of sp³-hybridized carbons (Fsp3) is 0.379. The third-order valence-corrected chi connectivity index (χ3v) is 15.5. The fourth-order valence-electron chi connectivity index (χ4n) is 12.2. The van der Waals surface area contributed by atoms with Crippen molar-refractivity contribution < 1.29 is 0 Å². The van der Waals surface area contributed by atoms with Crippen LogP contribution >= 0.6 is 0 Å². The van der Waals surface area contributed by atoms with Gasteiger partial charge in [-0.2, -0.15) is 0 Å². The number of hydrogen-bond donors (Lipinski definition) is 0. The molecular formula is C58H65BN2. The Morgan fingerprint density at radius 3 is 1.62 bits per heavy atom. The van der Waals surface area contributed by atoms with E-state index in [0.29, 0.717) is 0 Å². The number of fused-ring (bicyclic) bond motifs is 6. The van der Waals surface area contributed by atoms with E-state index in [0.717, 1.165) is 6.42 Å². The largest absolute Gasteiger partial charge is 0.311 e. The van der Waals surface area contributed by atoms with Crippen LogP contribution in [-0.4, -0.2) is 6.71 Å². The van der Waals surface area contributed by atoms with E-state index in [9.17, 15) is 0 Å². The van der Waals surface area contributed by atoms with Gasteiger partial charge in [0.2, 0.25) is 0 Å². The molecule has 61 heavy (non-hydrogen) atoms. The monoisotopic (exact) mass is 801 g/mol. The molecule has 6 aromatic carbocycles. The molecule has 0 N–H and O–H groups in total. The predicted molar refractivity (Wildman–Crippen MR) is 265 cm³/mol. The third kappa shape index (κ3) is 6.03. The summed E-state index contributed by atoms with van der Waals surface area (Å²) in [6.45, 7) is 33.8. The summed E-state index contributed by atoms with van der Waals surface area (Å²) in [5, 5.41) is 0. The maximum Gasteiger partial charge on any atom is 0.252 e. The summed E-state index contributed by atoms with van der Waals surface area (Å²) in [4.78, 5) is 5.34. The minimum absolute atomic E-state index is 0.0560. The van der Waals surface area contributed by atoms with Gasteiger partial charge in [0.1, 0.15) is 0 Å². The molecule has 0 atom stereocenters. The van der Waals surface area contributed by atoms with E-state index in [-0.39, 0.29) is 33.8 Å². The summed E-state index contributed by atoms with van der Waals surface area (Å²) in [6, 6.07) is 40.9. The van der Waals surface area contributed by atoms with Crippen molar-refractivity contribution in [3.63, 3.8) is 0 Å². The lowest BCUT2D eigenvalue weighted by molar-refractivity contribution is 0.332. The van der Waals surface area contributed by atoms with E-state index in [1.807, 2.05) is 0 Å². The second-order valence-corrected chi connectivity index (χ2v) is 23.1. The molecule has 6 aromatic rings. The molecule has 2 aliphatic heterocycles. The van der Waals surface area contributed by atoms with Crippen LogP contribution in [-0.2, 0) is 27.1 Å². The molecule has 2 aliphatic carbocycles. The van der Waals surface area contributed by atoms with Crippen molar-refractivity contribution in [3.05, 3.63) is 148 Å². The van der Waals surface area contributed by atoms with Crippen molar-refractivity contribution in [2.45, 2.75) is 143 Å². The first-order chi connectivity index (χ1) is 28.6. The van der Waals surface area contributed by atoms with Crippen LogP contribution in [0.1, 0.15) is 140 Å². The Kier molecular flexibility index (Phi) is 8.55. The summed E-state index contributed by atoms with van der Waals surface area (Å²) in [5.41, 5.74) is 26.2. The van der Waals surface area contributed by atoms with Gasteiger partial charge in [0.15, 0.2) is 0 Å². The van der Waals surface area contributed by atoms with Crippen molar-refractivity contribution in [1.29, 1.82) is 0 Å². The minimum Gasteiger partial charge on any atom is -0.311 e. The molecule has 0 saturated heterocycles. The van der Waals surface area contributed by atoms with Crippen molar-refractivity contribution in [2.75, 3.05) is 9.80 Å². The molecule has 3 heteroatoms. The highest BCUT2D eigenvalue weighted by atomic mass is 15.2. The molecule has 0 aromatic heterocycles. The van der Waals surface area contributed by atoms with Crippen LogP contribution in [0.4, 0.5) is 34.1 Å². The van der Waals surface area contributed by atoms with Crippen LogP contribution in [0.3, 0.4) is 0 Å². The van der Waals surface area contributed by atoms with Crippen molar-refractivity contribution in [2.24, 2.45) is 0 Å². The first-order valence-corrected chi connectivity index (χ1v) is 23.0. The standard InChI is InChI=1S/C58H65BN2/c1-35-26-51-53-52(27-35)61(48-32-43-41(29-37(48)3)55(7,8)24-25-56(43,9)10)50-33-44-42(57(11,12)34-58(44,13)14)31-46(50)59(53)45-22-20-39(38-18-16-15-17-19-38)30-49(45)60(51)47-23-21-40(28-36(47)2)54(4,5)6/h15-23,26-33H,24-25,34H2,1-14H3. The highest BCUT2D eigenvalue weighted by Crippen LogP contribution is 2.55. The molecule has 2 nitrogen and oxygen atoms in total. The lowest BCUT2D eigenvalue weighted by Crippen LogP contribution is -2.61. The van der Waals surface area contributed by atoms with Gasteiger partial charge >= 0.3 is 0 Å². The van der Waals surface area contributed by atoms with Gasteiger partial charge in [-0.1, -0.05) is 143 Å². The summed E-state index contributed by atoms with van der Waals surface area (Å²) in [7, 11) is 0. The second-order valence-electron chi connectivity index (χ2n) is 23.1. The van der Waals surface area contributed by atoms with Crippen LogP contribution in [0.15, 0.2) is 103 Å². The molecule has 0 bridgehead atoms. The molecule has 0 spiro atoms. The zero-order valence-corrected chi connectivity index (χ0v) is 39.4. The van der Waals surface area contributed by atoms with Crippen LogP contribution in [0.5, 0.6) is 0 Å². The maximum atomic E-state index is 2.71. The summed E-state index contributed by atoms with van der Waals surface area (Å²) >= 11 is 0. The van der Waals surface area contributed by atoms with E-state index in [4.69, 9.17) is 0 Å². The number of aryl methyl sites for hydroxylation is 3. The Morgan fingerprint density at radius 2 is 1.00 bits per heavy atom. The molecule has 310 valence electrons. The first-order valence-electron chi connectivity index (χ1n) is 23.0. The summed E-state index contributed by atoms with van der Waals surface area (Å²) in [5.74, 6) is 0. The van der Waals surface area contributed by atoms with Crippen LogP contribution in [0.25, 0.3) is 11.1 Å². The van der Waals surface area contributed by atoms with Gasteiger partial charge in [-0.3, -0.25) is 0 Å². The molecule has 0 fully saturated rings. The van der Waals surface area contributed by atoms with Crippen LogP contribution in [0, 0.1) is 20.8 Å². The lowest BCUT2D eigenvalue weighted by atomic mass is 9.33. The average molecular weight is 801 g/mol. The highest BCUT2D eigenvalue weighted by molar-refractivity contribution is 7.00. The summed E-state index contributed by atoms with van der Waals surface area (Å²) < 4.78 is 0. The second kappa shape index (κ2) is 13.0. The van der Waals surface area contributed by atoms with E-state index < -0.39 is 0 Å². The lowest BCUT2D eigenvalue weighted by Gasteiger charge is -2.47. The quantitative estimate of drug-likeness (QED) is 0.164. The van der Waals surface area contributed by atoms with Gasteiger partial charge in [-0.05, 0) is 176 Å². The molecule has 0 saturated carbocycles. The Morgan fingerprint density at radius 1 is 0.459 bits per heavy atom. The SMILES string of the molecule is Cc1cc2c3c(c1)N(c1cc4c(cc1C)C(C)(C)CCC4(C)C)c1cc4c(cc1B3c1ccc(-c3ccccc3)cc1N2c1ccc(C(C)(C)C)cc1C)C(C)(C)CC4(C)C. The fourth-order valence-corrected chi connectivity index (χ4v) is 12.2. The van der Waals surface area contributed by atoms with Gasteiger partial charge in [-0.15, -0.1) is 0 Å². The number of anilines is 6. The van der Waals surface area contributed by atoms with Gasteiger partial charge in [0, 0.05) is 34.1 Å². The topological polar surface area (TPSA) is 6.48 Å². The normalized spacial score (nSPS) is 18.6. The molecule has 0 unspecified atom stereocenters. The van der Waals surface area contributed by atoms with E-state index >= 15 is 0 Å². The molecular weight excluding hydrogens is 735 g/mol. The molecule has 10 rings (SSSR count). The third-order valence-electron chi connectivity index (χ3n) is 15.5. The highest BCUT2D eigenvalue weighted by Gasteiger charge is 2.49. The number of nitrogens with zero attached hydrogens (tertiary/aromatic N) is 2. The Bertz CT molecular complexity index is 2810. The predicted octanol–water partition coefficient (Wildman–Crippen LogP) is 14.0. The van der Waals surface area contributed by atoms with Crippen LogP contribution in [0.2, 0.25) is 0 Å². The van der Waals surface area contributed by atoms with Crippen molar-refractivity contribution in [3.8, 4) is 11.1 Å². The molecule has 0 radical (unpaired) electrons. The number of benzene rings is 6. The van der Waals surface area contributed by atoms with E-state index in [1.54, 1.807) is 0 Å². The Balaban J connectivity index is 1.32. The zero-order chi connectivity index (χ0) is 43.3. The average Bonchev–Trinajstić information content (AvgIpc) is 3.37. The van der Waals surface area contributed by atoms with Gasteiger partial charge in [0.25, 0.3) is 6.71 Å². The minimum atomic E-state index is 0.0560. The first kappa shape index (κ1) is 40.1. The smallest absolute Gasteiger partial charge is 0.252 e.